The van der Waals surface area contributed by atoms with Crippen LogP contribution >= 0.6 is 23.1 Å². The van der Waals surface area contributed by atoms with Gasteiger partial charge in [0.2, 0.25) is 0 Å². The van der Waals surface area contributed by atoms with Gasteiger partial charge in [-0.15, -0.1) is 23.1 Å². The first-order valence-electron chi connectivity index (χ1n) is 10.4. The Morgan fingerprint density at radius 3 is 2.79 bits per heavy atom. The van der Waals surface area contributed by atoms with Crippen LogP contribution in [0.25, 0.3) is 10.6 Å². The fourth-order valence-corrected chi connectivity index (χ4v) is 5.88. The molecule has 0 spiro atoms. The van der Waals surface area contributed by atoms with Crippen molar-refractivity contribution in [3.05, 3.63) is 34.8 Å². The van der Waals surface area contributed by atoms with Crippen molar-refractivity contribution in [3.8, 4) is 22.4 Å². The molecular weight excluding hydrogens is 468 g/mol. The zero-order chi connectivity index (χ0) is 24.4. The van der Waals surface area contributed by atoms with Crippen molar-refractivity contribution in [1.82, 2.24) is 9.88 Å². The highest BCUT2D eigenvalue weighted by atomic mass is 32.2. The van der Waals surface area contributed by atoms with Crippen LogP contribution < -0.4 is 4.74 Å². The molecule has 0 unspecified atom stereocenters. The van der Waals surface area contributed by atoms with Crippen LogP contribution in [0, 0.1) is 22.7 Å². The van der Waals surface area contributed by atoms with Gasteiger partial charge in [0.1, 0.15) is 15.5 Å². The molecule has 1 N–H and O–H groups in total. The molecule has 0 saturated carbocycles. The average Bonchev–Trinajstić information content (AvgIpc) is 3.20. The van der Waals surface area contributed by atoms with Crippen LogP contribution in [-0.2, 0) is 11.3 Å². The highest BCUT2D eigenvalue weighted by molar-refractivity contribution is 8.00. The van der Waals surface area contributed by atoms with Crippen molar-refractivity contribution < 1.29 is 23.4 Å². The molecular formula is C23H27F2N3O3S2. The molecule has 1 saturated heterocycles. The van der Waals surface area contributed by atoms with Crippen molar-refractivity contribution in [2.45, 2.75) is 45.1 Å². The number of hydrogen-bond donors (Lipinski definition) is 1. The number of carboxylic acid groups (broad SMARTS) is 1. The lowest BCUT2D eigenvalue weighted by Gasteiger charge is -2.47. The fourth-order valence-electron chi connectivity index (χ4n) is 4.05. The number of hydrogen-bond acceptors (Lipinski definition) is 7. The molecule has 1 aromatic heterocycles. The summed E-state index contributed by atoms with van der Waals surface area (Å²) in [6.07, 6.45) is 4.12. The maximum Gasteiger partial charge on any atom is 0.387 e. The molecule has 2 heterocycles. The second-order valence-corrected chi connectivity index (χ2v) is 11.6. The SMILES string of the molecule is CS[C@@]1(C(=O)O)C[C@@H](C(C)(C)C)CN(Cc2cnc(-c3cc(C#N)ccc3OC(F)F)s2)C1. The van der Waals surface area contributed by atoms with E-state index in [4.69, 9.17) is 0 Å². The van der Waals surface area contributed by atoms with Crippen LogP contribution in [0.1, 0.15) is 37.6 Å². The van der Waals surface area contributed by atoms with Gasteiger partial charge < -0.3 is 9.84 Å². The van der Waals surface area contributed by atoms with Crippen LogP contribution in [0.3, 0.4) is 0 Å². The Morgan fingerprint density at radius 2 is 2.21 bits per heavy atom. The second kappa shape index (κ2) is 9.95. The minimum atomic E-state index is -2.99. The number of likely N-dealkylation sites (tertiary alicyclic amines) is 1. The summed E-state index contributed by atoms with van der Waals surface area (Å²) >= 11 is 2.70. The third-order valence-electron chi connectivity index (χ3n) is 6.03. The summed E-state index contributed by atoms with van der Waals surface area (Å²) in [5.74, 6) is -0.649. The number of alkyl halides is 2. The van der Waals surface area contributed by atoms with Crippen LogP contribution in [0.15, 0.2) is 24.4 Å². The van der Waals surface area contributed by atoms with Gasteiger partial charge in [-0.25, -0.2) is 4.98 Å². The molecule has 178 valence electrons. The van der Waals surface area contributed by atoms with Crippen molar-refractivity contribution in [2.75, 3.05) is 19.3 Å². The molecule has 0 aliphatic carbocycles. The number of nitrogens with zero attached hydrogens (tertiary/aromatic N) is 3. The first-order chi connectivity index (χ1) is 15.5. The lowest BCUT2D eigenvalue weighted by atomic mass is 9.73. The summed E-state index contributed by atoms with van der Waals surface area (Å²) in [7, 11) is 0. The molecule has 1 fully saturated rings. The van der Waals surface area contributed by atoms with E-state index in [-0.39, 0.29) is 17.1 Å². The molecule has 10 heteroatoms. The predicted molar refractivity (Wildman–Crippen MR) is 126 cm³/mol. The summed E-state index contributed by atoms with van der Waals surface area (Å²) in [5.41, 5.74) is 0.604. The van der Waals surface area contributed by atoms with Crippen LogP contribution in [0.5, 0.6) is 5.75 Å². The summed E-state index contributed by atoms with van der Waals surface area (Å²) in [6.45, 7) is 5.07. The largest absolute Gasteiger partial charge is 0.480 e. The van der Waals surface area contributed by atoms with Gasteiger partial charge in [0.25, 0.3) is 0 Å². The average molecular weight is 496 g/mol. The topological polar surface area (TPSA) is 86.5 Å². The van der Waals surface area contributed by atoms with Crippen LogP contribution in [0.2, 0.25) is 0 Å². The van der Waals surface area contributed by atoms with Crippen molar-refractivity contribution in [2.24, 2.45) is 11.3 Å². The van der Waals surface area contributed by atoms with Gasteiger partial charge in [-0.05, 0) is 42.2 Å². The zero-order valence-electron chi connectivity index (χ0n) is 19.0. The summed E-state index contributed by atoms with van der Waals surface area (Å²) in [5, 5.41) is 19.7. The lowest BCUT2D eigenvalue weighted by molar-refractivity contribution is -0.142. The fraction of sp³-hybridized carbons (Fsp3) is 0.522. The highest BCUT2D eigenvalue weighted by Crippen LogP contribution is 2.44. The molecule has 1 aromatic carbocycles. The Balaban J connectivity index is 1.88. The van der Waals surface area contributed by atoms with Crippen LogP contribution in [0.4, 0.5) is 8.78 Å². The van der Waals surface area contributed by atoms with Crippen molar-refractivity contribution >= 4 is 29.1 Å². The Hall–Kier alpha value is -2.22. The number of carboxylic acids is 1. The number of halogens is 2. The first-order valence-corrected chi connectivity index (χ1v) is 12.5. The quantitative estimate of drug-likeness (QED) is 0.555. The number of ether oxygens (including phenoxy) is 1. The first kappa shape index (κ1) is 25.4. The molecule has 0 bridgehead atoms. The Labute approximate surface area is 200 Å². The van der Waals surface area contributed by atoms with E-state index in [0.717, 1.165) is 11.4 Å². The van der Waals surface area contributed by atoms with Crippen LogP contribution in [-0.4, -0.2) is 51.7 Å². The zero-order valence-corrected chi connectivity index (χ0v) is 20.6. The normalized spacial score (nSPS) is 21.7. The molecule has 2 aromatic rings. The van der Waals surface area contributed by atoms with E-state index in [1.54, 1.807) is 6.20 Å². The number of aromatic nitrogens is 1. The number of carbonyl (C=O) groups is 1. The van der Waals surface area contributed by atoms with E-state index in [1.807, 2.05) is 12.3 Å². The predicted octanol–water partition coefficient (Wildman–Crippen LogP) is 5.34. The van der Waals surface area contributed by atoms with E-state index in [0.29, 0.717) is 35.6 Å². The van der Waals surface area contributed by atoms with Gasteiger partial charge >= 0.3 is 12.6 Å². The van der Waals surface area contributed by atoms with E-state index in [2.05, 4.69) is 35.4 Å². The van der Waals surface area contributed by atoms with E-state index in [1.165, 1.54) is 41.3 Å². The van der Waals surface area contributed by atoms with Gasteiger partial charge in [0, 0.05) is 30.7 Å². The number of piperidine rings is 1. The molecule has 0 amide bonds. The Kier molecular flexibility index (Phi) is 7.66. The number of benzene rings is 1. The third-order valence-corrected chi connectivity index (χ3v) is 8.29. The number of aliphatic carboxylic acids is 1. The second-order valence-electron chi connectivity index (χ2n) is 9.27. The Bertz CT molecular complexity index is 1050. The molecule has 1 aliphatic heterocycles. The molecule has 1 aliphatic rings. The number of thioether (sulfide) groups is 1. The molecule has 3 rings (SSSR count). The van der Waals surface area contributed by atoms with Gasteiger partial charge in [-0.1, -0.05) is 20.8 Å². The van der Waals surface area contributed by atoms with E-state index in [9.17, 15) is 23.9 Å². The number of nitriles is 1. The third kappa shape index (κ3) is 5.83. The molecule has 0 radical (unpaired) electrons. The minimum absolute atomic E-state index is 0.0389. The van der Waals surface area contributed by atoms with Gasteiger partial charge in [0.05, 0.1) is 17.2 Å². The lowest BCUT2D eigenvalue weighted by Crippen LogP contribution is -2.55. The molecule has 6 nitrogen and oxygen atoms in total. The van der Waals surface area contributed by atoms with E-state index < -0.39 is 17.3 Å². The Morgan fingerprint density at radius 1 is 1.48 bits per heavy atom. The van der Waals surface area contributed by atoms with Crippen molar-refractivity contribution in [3.63, 3.8) is 0 Å². The summed E-state index contributed by atoms with van der Waals surface area (Å²) < 4.78 is 29.5. The summed E-state index contributed by atoms with van der Waals surface area (Å²) in [4.78, 5) is 19.6. The number of rotatable bonds is 7. The van der Waals surface area contributed by atoms with Gasteiger partial charge in [-0.2, -0.15) is 14.0 Å². The maximum atomic E-state index is 12.9. The monoisotopic (exact) mass is 495 g/mol. The minimum Gasteiger partial charge on any atom is -0.480 e. The van der Waals surface area contributed by atoms with E-state index >= 15 is 0 Å². The molecule has 33 heavy (non-hydrogen) atoms. The highest BCUT2D eigenvalue weighted by Gasteiger charge is 2.48. The summed E-state index contributed by atoms with van der Waals surface area (Å²) in [6, 6.07) is 6.26. The standard InChI is InChI=1S/C23H27F2N3O3S2/c1-22(2,3)15-8-23(32-4,20(29)30)13-28(11-15)12-16-10-27-19(33-16)17-7-14(9-26)5-6-18(17)31-21(24)25/h5-7,10,15,21H,8,11-13H2,1-4H3,(H,29,30)/t15-,23+/m1/s1. The maximum absolute atomic E-state index is 12.9. The van der Waals surface area contributed by atoms with Gasteiger partial charge in [0.15, 0.2) is 0 Å². The molecule has 2 atom stereocenters. The smallest absolute Gasteiger partial charge is 0.387 e. The van der Waals surface area contributed by atoms with Crippen molar-refractivity contribution in [1.29, 1.82) is 5.26 Å². The number of thiazole rings is 1. The van der Waals surface area contributed by atoms with Gasteiger partial charge in [-0.3, -0.25) is 9.69 Å².